The number of allylic oxidation sites excluding steroid dienone is 2. The number of carboxylic acid groups (broad SMARTS) is 1. The van der Waals surface area contributed by atoms with Crippen molar-refractivity contribution in [3.05, 3.63) is 11.6 Å². The molecule has 2 saturated heterocycles. The molecular weight excluding hydrogens is 668 g/mol. The van der Waals surface area contributed by atoms with Crippen LogP contribution in [0, 0.1) is 50.2 Å². The standard InChI is InChI=1S/C41H66O11/c1-21-28(42)30(44)32(46)34(50-21)51-24-20-49-33(31(45)29(24)43)52-27-12-13-38(6)25(37(27,4)5)11-14-40(8)26(38)10-9-22-23-19-36(2,3)15-17-41(23,35(47)48)18-16-39(22,40)7/h9,21,23-34,42-46H,10-20H2,1-8H3,(H,47,48)/t21-,23-,24-,25-,26+,27-,28-,29-,30+,31+,32+,33-,34-,38-,39+,40+,41-/m0/s1. The first-order valence-corrected chi connectivity index (χ1v) is 20.1. The van der Waals surface area contributed by atoms with Gasteiger partial charge in [0.05, 0.1) is 24.2 Å². The van der Waals surface area contributed by atoms with Crippen molar-refractivity contribution in [2.75, 3.05) is 6.61 Å². The Hall–Kier alpha value is -1.15. The van der Waals surface area contributed by atoms with Crippen molar-refractivity contribution < 1.29 is 54.4 Å². The van der Waals surface area contributed by atoms with E-state index in [9.17, 15) is 35.4 Å². The lowest BCUT2D eigenvalue weighted by Gasteiger charge is -2.71. The van der Waals surface area contributed by atoms with E-state index in [2.05, 4.69) is 54.5 Å². The fourth-order valence-electron chi connectivity index (χ4n) is 13.3. The molecule has 0 aromatic heterocycles. The van der Waals surface area contributed by atoms with Crippen LogP contribution in [-0.4, -0.2) is 105 Å². The molecular formula is C41H66O11. The summed E-state index contributed by atoms with van der Waals surface area (Å²) in [5, 5.41) is 63.6. The molecule has 11 nitrogen and oxygen atoms in total. The molecule has 4 saturated carbocycles. The third kappa shape index (κ3) is 5.64. The van der Waals surface area contributed by atoms with E-state index in [1.807, 2.05) is 0 Å². The number of hydrogen-bond acceptors (Lipinski definition) is 10. The number of fused-ring (bicyclic) bond motifs is 7. The van der Waals surface area contributed by atoms with Gasteiger partial charge in [0.15, 0.2) is 12.6 Å². The maximum atomic E-state index is 13.0. The molecule has 5 aliphatic carbocycles. The fourth-order valence-corrected chi connectivity index (χ4v) is 13.3. The monoisotopic (exact) mass is 734 g/mol. The van der Waals surface area contributed by atoms with E-state index in [1.54, 1.807) is 6.92 Å². The quantitative estimate of drug-likeness (QED) is 0.173. The predicted molar refractivity (Wildman–Crippen MR) is 191 cm³/mol. The van der Waals surface area contributed by atoms with Crippen LogP contribution in [-0.2, 0) is 23.7 Å². The smallest absolute Gasteiger partial charge is 0.310 e. The summed E-state index contributed by atoms with van der Waals surface area (Å²) in [5.74, 6) is 0.273. The normalized spacial score (nSPS) is 54.1. The minimum atomic E-state index is -1.54. The molecule has 52 heavy (non-hydrogen) atoms. The number of carbonyl (C=O) groups is 1. The van der Waals surface area contributed by atoms with Gasteiger partial charge in [0.25, 0.3) is 0 Å². The lowest BCUT2D eigenvalue weighted by molar-refractivity contribution is -0.348. The molecule has 0 aromatic carbocycles. The maximum Gasteiger partial charge on any atom is 0.310 e. The molecule has 17 atom stereocenters. The number of aliphatic hydroxyl groups excluding tert-OH is 5. The second-order valence-electron chi connectivity index (χ2n) is 20.2. The second-order valence-corrected chi connectivity index (χ2v) is 20.2. The minimum Gasteiger partial charge on any atom is -0.481 e. The van der Waals surface area contributed by atoms with Gasteiger partial charge in [-0.15, -0.1) is 0 Å². The van der Waals surface area contributed by atoms with Crippen molar-refractivity contribution in [2.45, 2.75) is 181 Å². The van der Waals surface area contributed by atoms with Crippen molar-refractivity contribution in [3.63, 3.8) is 0 Å². The van der Waals surface area contributed by atoms with Gasteiger partial charge < -0.3 is 49.6 Å². The number of ether oxygens (including phenoxy) is 4. The van der Waals surface area contributed by atoms with E-state index in [4.69, 9.17) is 18.9 Å². The van der Waals surface area contributed by atoms with Gasteiger partial charge >= 0.3 is 5.97 Å². The molecule has 0 radical (unpaired) electrons. The number of rotatable bonds is 5. The minimum absolute atomic E-state index is 0.0369. The highest BCUT2D eigenvalue weighted by atomic mass is 16.7. The van der Waals surface area contributed by atoms with Crippen LogP contribution in [0.2, 0.25) is 0 Å². The average molecular weight is 735 g/mol. The van der Waals surface area contributed by atoms with Gasteiger partial charge in [-0.1, -0.05) is 60.1 Å². The lowest BCUT2D eigenvalue weighted by Crippen LogP contribution is -2.66. The Labute approximate surface area is 309 Å². The predicted octanol–water partition coefficient (Wildman–Crippen LogP) is 4.55. The molecule has 7 rings (SSSR count). The van der Waals surface area contributed by atoms with Crippen LogP contribution in [0.25, 0.3) is 0 Å². The molecule has 0 spiro atoms. The highest BCUT2D eigenvalue weighted by molar-refractivity contribution is 5.76. The Kier molecular flexibility index (Phi) is 9.74. The maximum absolute atomic E-state index is 13.0. The molecule has 6 N–H and O–H groups in total. The average Bonchev–Trinajstić information content (AvgIpc) is 3.06. The zero-order valence-corrected chi connectivity index (χ0v) is 32.6. The van der Waals surface area contributed by atoms with Gasteiger partial charge in [-0.2, -0.15) is 0 Å². The fraction of sp³-hybridized carbons (Fsp3) is 0.927. The van der Waals surface area contributed by atoms with Crippen molar-refractivity contribution in [1.82, 2.24) is 0 Å². The number of aliphatic carboxylic acids is 1. The highest BCUT2D eigenvalue weighted by Gasteiger charge is 2.69. The first-order valence-electron chi connectivity index (χ1n) is 20.1. The second kappa shape index (κ2) is 12.9. The van der Waals surface area contributed by atoms with Crippen molar-refractivity contribution >= 4 is 5.97 Å². The topological polar surface area (TPSA) is 175 Å². The largest absolute Gasteiger partial charge is 0.481 e. The van der Waals surface area contributed by atoms with Gasteiger partial charge in [0.2, 0.25) is 0 Å². The summed E-state index contributed by atoms with van der Waals surface area (Å²) in [4.78, 5) is 13.0. The van der Waals surface area contributed by atoms with E-state index < -0.39 is 66.7 Å². The van der Waals surface area contributed by atoms with Crippen LogP contribution in [0.4, 0.5) is 0 Å². The van der Waals surface area contributed by atoms with Gasteiger partial charge in [0.1, 0.15) is 36.6 Å². The summed E-state index contributed by atoms with van der Waals surface area (Å²) in [6, 6.07) is 0. The van der Waals surface area contributed by atoms with E-state index in [-0.39, 0.29) is 45.7 Å². The SMILES string of the molecule is C[C@@H]1O[C@@H](O[C@H]2CO[C@@H](O[C@H]3CC[C@]4(C)[C@H]5CC=C6[C@@H]7CC(C)(C)CC[C@]7(C(=O)O)CC[C@@]6(C)[C@]5(C)CC[C@H]4C3(C)C)[C@H](O)[C@H]2O)[C@H](O)[C@H](O)[C@H]1O. The Bertz CT molecular complexity index is 1410. The summed E-state index contributed by atoms with van der Waals surface area (Å²) in [6.45, 7) is 18.1. The van der Waals surface area contributed by atoms with Crippen LogP contribution in [0.1, 0.15) is 120 Å². The molecule has 0 unspecified atom stereocenters. The number of aliphatic hydroxyl groups is 5. The van der Waals surface area contributed by atoms with Crippen molar-refractivity contribution in [2.24, 2.45) is 50.2 Å². The van der Waals surface area contributed by atoms with Crippen LogP contribution >= 0.6 is 0 Å². The molecule has 11 heteroatoms. The van der Waals surface area contributed by atoms with Crippen molar-refractivity contribution in [3.8, 4) is 0 Å². The Morgan fingerprint density at radius 1 is 0.769 bits per heavy atom. The van der Waals surface area contributed by atoms with Crippen molar-refractivity contribution in [1.29, 1.82) is 0 Å². The number of carboxylic acids is 1. The molecule has 0 bridgehead atoms. The van der Waals surface area contributed by atoms with Gasteiger partial charge in [-0.3, -0.25) is 4.79 Å². The summed E-state index contributed by atoms with van der Waals surface area (Å²) in [6.07, 6.45) is 0.0764. The Morgan fingerprint density at radius 2 is 1.44 bits per heavy atom. The lowest BCUT2D eigenvalue weighted by atomic mass is 9.33. The van der Waals surface area contributed by atoms with Crippen LogP contribution < -0.4 is 0 Å². The van der Waals surface area contributed by atoms with E-state index in [0.29, 0.717) is 11.8 Å². The molecule has 2 heterocycles. The summed E-state index contributed by atoms with van der Waals surface area (Å²) in [5.41, 5.74) is 0.683. The molecule has 296 valence electrons. The summed E-state index contributed by atoms with van der Waals surface area (Å²) < 4.78 is 23.9. The highest BCUT2D eigenvalue weighted by Crippen LogP contribution is 2.76. The Morgan fingerprint density at radius 3 is 2.13 bits per heavy atom. The van der Waals surface area contributed by atoms with Gasteiger partial charge in [0, 0.05) is 0 Å². The zero-order chi connectivity index (χ0) is 38.0. The van der Waals surface area contributed by atoms with E-state index >= 15 is 0 Å². The molecule has 6 fully saturated rings. The molecule has 7 aliphatic rings. The summed E-state index contributed by atoms with van der Waals surface area (Å²) in [7, 11) is 0. The third-order valence-corrected chi connectivity index (χ3v) is 16.9. The molecule has 0 amide bonds. The van der Waals surface area contributed by atoms with E-state index in [0.717, 1.165) is 64.2 Å². The van der Waals surface area contributed by atoms with Crippen LogP contribution in [0.15, 0.2) is 11.6 Å². The number of hydrogen-bond donors (Lipinski definition) is 6. The molecule has 0 aromatic rings. The van der Waals surface area contributed by atoms with Gasteiger partial charge in [-0.25, -0.2) is 0 Å². The Balaban J connectivity index is 1.06. The van der Waals surface area contributed by atoms with E-state index in [1.165, 1.54) is 5.57 Å². The third-order valence-electron chi connectivity index (χ3n) is 16.9. The summed E-state index contributed by atoms with van der Waals surface area (Å²) >= 11 is 0. The zero-order valence-electron chi connectivity index (χ0n) is 32.6. The van der Waals surface area contributed by atoms with Crippen LogP contribution in [0.3, 0.4) is 0 Å². The first-order chi connectivity index (χ1) is 24.1. The van der Waals surface area contributed by atoms with Gasteiger partial charge in [-0.05, 0) is 116 Å². The molecule has 2 aliphatic heterocycles. The first kappa shape index (κ1) is 39.1. The van der Waals surface area contributed by atoms with Crippen LogP contribution in [0.5, 0.6) is 0 Å².